The van der Waals surface area contributed by atoms with E-state index in [-0.39, 0.29) is 36.4 Å². The van der Waals surface area contributed by atoms with E-state index in [1.54, 1.807) is 0 Å². The van der Waals surface area contributed by atoms with Gasteiger partial charge in [0.15, 0.2) is 0 Å². The van der Waals surface area contributed by atoms with Crippen molar-refractivity contribution < 1.29 is 22.8 Å². The van der Waals surface area contributed by atoms with Crippen molar-refractivity contribution in [2.45, 2.75) is 143 Å². The van der Waals surface area contributed by atoms with E-state index in [9.17, 15) is 0 Å². The van der Waals surface area contributed by atoms with Crippen LogP contribution in [-0.2, 0) is 22.8 Å². The van der Waals surface area contributed by atoms with Crippen LogP contribution in [0.5, 0.6) is 0 Å². The molecule has 0 aliphatic rings. The fourth-order valence-corrected chi connectivity index (χ4v) is 9.81. The smallest absolute Gasteiger partial charge is 0.371 e. The van der Waals surface area contributed by atoms with Gasteiger partial charge >= 0.3 is 8.80 Å². The third-order valence-corrected chi connectivity index (χ3v) is 12.2. The van der Waals surface area contributed by atoms with Crippen molar-refractivity contribution in [3.8, 4) is 0 Å². The molecular weight excluding hydrogens is 400 g/mol. The van der Waals surface area contributed by atoms with E-state index in [4.69, 9.17) is 22.8 Å². The Morgan fingerprint density at radius 2 is 0.862 bits per heavy atom. The summed E-state index contributed by atoms with van der Waals surface area (Å²) in [6.07, 6.45) is 5.53. The lowest BCUT2D eigenvalue weighted by molar-refractivity contribution is -0.143. The van der Waals surface area contributed by atoms with Gasteiger partial charge < -0.3 is 22.8 Å². The van der Waals surface area contributed by atoms with Crippen LogP contribution in [0.25, 0.3) is 0 Å². The molecule has 5 unspecified atom stereocenters. The molecular formula is C22H50O5Si2. The fourth-order valence-electron chi connectivity index (χ4n) is 2.60. The van der Waals surface area contributed by atoms with Crippen LogP contribution >= 0.6 is 0 Å². The van der Waals surface area contributed by atoms with Gasteiger partial charge in [0, 0.05) is 24.0 Å². The monoisotopic (exact) mass is 450 g/mol. The number of hydrogen-bond donors (Lipinski definition) is 0. The van der Waals surface area contributed by atoms with Crippen molar-refractivity contribution in [1.29, 1.82) is 0 Å². The Morgan fingerprint density at radius 1 is 0.552 bits per heavy atom. The van der Waals surface area contributed by atoms with Gasteiger partial charge in [0.05, 0.1) is 21.7 Å². The van der Waals surface area contributed by atoms with Crippen molar-refractivity contribution in [3.63, 3.8) is 0 Å². The first-order chi connectivity index (χ1) is 13.6. The molecule has 0 spiro atoms. The Hall–Kier alpha value is 0.234. The maximum atomic E-state index is 6.56. The van der Waals surface area contributed by atoms with Gasteiger partial charge in [-0.15, -0.1) is 0 Å². The second-order valence-electron chi connectivity index (χ2n) is 8.37. The summed E-state index contributed by atoms with van der Waals surface area (Å²) in [4.78, 5) is 0. The molecule has 0 saturated heterocycles. The molecule has 5 atom stereocenters. The molecule has 0 radical (unpaired) electrons. The maximum absolute atomic E-state index is 6.56. The van der Waals surface area contributed by atoms with Crippen molar-refractivity contribution in [2.24, 2.45) is 0 Å². The van der Waals surface area contributed by atoms with Crippen LogP contribution in [0.15, 0.2) is 0 Å². The largest absolute Gasteiger partial charge is 0.498 e. The molecule has 0 aromatic rings. The van der Waals surface area contributed by atoms with Crippen molar-refractivity contribution in [2.75, 3.05) is 0 Å². The summed E-state index contributed by atoms with van der Waals surface area (Å²) < 4.78 is 32.2. The van der Waals surface area contributed by atoms with Crippen LogP contribution in [0.4, 0.5) is 0 Å². The van der Waals surface area contributed by atoms with Gasteiger partial charge in [0.2, 0.25) is 0 Å². The molecule has 0 aliphatic carbocycles. The minimum Gasteiger partial charge on any atom is -0.371 e. The molecule has 0 bridgehead atoms. The molecule has 0 aliphatic heterocycles. The topological polar surface area (TPSA) is 46.2 Å². The fraction of sp³-hybridized carbons (Fsp3) is 1.00. The standard InChI is InChI=1S/C22H50O5Si2/c1-11-17(6)23-22(24-18(7)12-2)28-16-29(25-19(8)13-3,26-20(9)14-4)27-21(10)15-5/h17-22H,11-16,28H2,1-10H3. The summed E-state index contributed by atoms with van der Waals surface area (Å²) in [6.45, 7) is 21.3. The predicted molar refractivity (Wildman–Crippen MR) is 127 cm³/mol. The number of hydrogen-bond acceptors (Lipinski definition) is 5. The van der Waals surface area contributed by atoms with E-state index >= 15 is 0 Å². The zero-order valence-electron chi connectivity index (χ0n) is 21.0. The molecule has 5 nitrogen and oxygen atoms in total. The van der Waals surface area contributed by atoms with Gasteiger partial charge in [-0.3, -0.25) is 0 Å². The Bertz CT molecular complexity index is 356. The molecule has 176 valence electrons. The normalized spacial score (nSPS) is 20.9. The highest BCUT2D eigenvalue weighted by molar-refractivity contribution is 6.71. The molecule has 29 heavy (non-hydrogen) atoms. The van der Waals surface area contributed by atoms with Crippen LogP contribution < -0.4 is 0 Å². The predicted octanol–water partition coefficient (Wildman–Crippen LogP) is 5.41. The van der Waals surface area contributed by atoms with E-state index in [1.165, 1.54) is 0 Å². The highest BCUT2D eigenvalue weighted by Gasteiger charge is 2.45. The van der Waals surface area contributed by atoms with Crippen LogP contribution in [0.3, 0.4) is 0 Å². The Balaban J connectivity index is 5.54. The molecule has 7 heteroatoms. The van der Waals surface area contributed by atoms with Gasteiger partial charge in [0.1, 0.15) is 5.91 Å². The number of ether oxygens (including phenoxy) is 2. The second kappa shape index (κ2) is 15.9. The first kappa shape index (κ1) is 29.2. The highest BCUT2D eigenvalue weighted by atomic mass is 28.4. The molecule has 0 fully saturated rings. The molecule has 0 amide bonds. The lowest BCUT2D eigenvalue weighted by Gasteiger charge is -2.37. The zero-order valence-corrected chi connectivity index (χ0v) is 23.4. The van der Waals surface area contributed by atoms with Gasteiger partial charge in [-0.05, 0) is 66.7 Å². The average Bonchev–Trinajstić information content (AvgIpc) is 2.71. The Kier molecular flexibility index (Phi) is 16.1. The SMILES string of the molecule is CCC(C)OC(OC(C)CC)[SiH2]C[Si](OC(C)CC)(OC(C)CC)OC(C)CC. The third kappa shape index (κ3) is 12.6. The van der Waals surface area contributed by atoms with E-state index in [0.717, 1.165) is 37.8 Å². The van der Waals surface area contributed by atoms with Crippen LogP contribution in [-0.4, -0.2) is 54.8 Å². The Labute approximate surface area is 184 Å². The van der Waals surface area contributed by atoms with Crippen LogP contribution in [0, 0.1) is 0 Å². The minimum atomic E-state index is -2.83. The van der Waals surface area contributed by atoms with E-state index in [0.29, 0.717) is 0 Å². The lowest BCUT2D eigenvalue weighted by Crippen LogP contribution is -2.53. The summed E-state index contributed by atoms with van der Waals surface area (Å²) in [7, 11) is -3.62. The summed E-state index contributed by atoms with van der Waals surface area (Å²) in [5.41, 5.74) is 0.837. The van der Waals surface area contributed by atoms with Crippen LogP contribution in [0.2, 0.25) is 5.67 Å². The van der Waals surface area contributed by atoms with E-state index in [1.807, 2.05) is 0 Å². The first-order valence-electron chi connectivity index (χ1n) is 12.0. The average molecular weight is 451 g/mol. The molecule has 0 rings (SSSR count). The molecule has 0 heterocycles. The first-order valence-corrected chi connectivity index (χ1v) is 15.7. The van der Waals surface area contributed by atoms with Gasteiger partial charge in [0.25, 0.3) is 0 Å². The third-order valence-electron chi connectivity index (χ3n) is 5.47. The second-order valence-corrected chi connectivity index (χ2v) is 13.7. The summed E-state index contributed by atoms with van der Waals surface area (Å²) >= 11 is 0. The summed E-state index contributed by atoms with van der Waals surface area (Å²) in [5, 5.41) is 0. The highest BCUT2D eigenvalue weighted by Crippen LogP contribution is 2.25. The lowest BCUT2D eigenvalue weighted by atomic mass is 10.3. The van der Waals surface area contributed by atoms with Crippen molar-refractivity contribution >= 4 is 18.3 Å². The van der Waals surface area contributed by atoms with Crippen molar-refractivity contribution in [3.05, 3.63) is 0 Å². The molecule has 0 N–H and O–H groups in total. The number of rotatable bonds is 18. The van der Waals surface area contributed by atoms with Gasteiger partial charge in [-0.2, -0.15) is 0 Å². The zero-order chi connectivity index (χ0) is 22.4. The van der Waals surface area contributed by atoms with Gasteiger partial charge in [-0.25, -0.2) is 0 Å². The summed E-state index contributed by atoms with van der Waals surface area (Å²) in [5.74, 6) is -0.131. The quantitative estimate of drug-likeness (QED) is 0.206. The van der Waals surface area contributed by atoms with E-state index in [2.05, 4.69) is 69.2 Å². The Morgan fingerprint density at radius 3 is 1.14 bits per heavy atom. The van der Waals surface area contributed by atoms with Gasteiger partial charge in [-0.1, -0.05) is 34.6 Å². The molecule has 0 aromatic heterocycles. The molecule has 0 aromatic carbocycles. The van der Waals surface area contributed by atoms with Crippen LogP contribution in [0.1, 0.15) is 101 Å². The maximum Gasteiger partial charge on any atom is 0.498 e. The molecule has 0 saturated carbocycles. The summed E-state index contributed by atoms with van der Waals surface area (Å²) in [6, 6.07) is 0. The van der Waals surface area contributed by atoms with E-state index < -0.39 is 18.3 Å². The van der Waals surface area contributed by atoms with Crippen molar-refractivity contribution in [1.82, 2.24) is 0 Å². The minimum absolute atomic E-state index is 0.119.